The summed E-state index contributed by atoms with van der Waals surface area (Å²) in [5.74, 6) is 0.324. The first-order valence-electron chi connectivity index (χ1n) is 8.95. The van der Waals surface area contributed by atoms with Crippen LogP contribution in [0.4, 0.5) is 5.69 Å². The van der Waals surface area contributed by atoms with Crippen molar-refractivity contribution < 1.29 is 14.3 Å². The number of rotatable bonds is 7. The van der Waals surface area contributed by atoms with Crippen molar-refractivity contribution in [2.75, 3.05) is 25.0 Å². The van der Waals surface area contributed by atoms with Gasteiger partial charge < -0.3 is 15.8 Å². The molecule has 1 saturated heterocycles. The number of primary amides is 1. The molecule has 25 heavy (non-hydrogen) atoms. The molecule has 138 valence electrons. The number of likely N-dealkylation sites (tertiary alicyclic amines) is 1. The maximum atomic E-state index is 12.9. The fourth-order valence-corrected chi connectivity index (χ4v) is 3.31. The third-order valence-electron chi connectivity index (χ3n) is 4.52. The number of anilines is 1. The number of nitrogens with one attached hydrogen (secondary N) is 1. The number of hydrogen-bond acceptors (Lipinski definition) is 4. The fourth-order valence-electron chi connectivity index (χ4n) is 3.31. The summed E-state index contributed by atoms with van der Waals surface area (Å²) < 4.78 is 5.29. The third-order valence-corrected chi connectivity index (χ3v) is 4.52. The van der Waals surface area contributed by atoms with E-state index in [4.69, 9.17) is 10.5 Å². The predicted molar refractivity (Wildman–Crippen MR) is 98.5 cm³/mol. The van der Waals surface area contributed by atoms with Gasteiger partial charge in [0, 0.05) is 5.69 Å². The van der Waals surface area contributed by atoms with Gasteiger partial charge in [0.05, 0.1) is 6.04 Å². The summed E-state index contributed by atoms with van der Waals surface area (Å²) in [5.41, 5.74) is 6.73. The number of benzene rings is 1. The molecular weight excluding hydrogens is 318 g/mol. The second-order valence-corrected chi connectivity index (χ2v) is 7.01. The Balaban J connectivity index is 2.05. The van der Waals surface area contributed by atoms with Crippen LogP contribution in [0.25, 0.3) is 0 Å². The van der Waals surface area contributed by atoms with Crippen LogP contribution >= 0.6 is 0 Å². The van der Waals surface area contributed by atoms with Gasteiger partial charge in [-0.05, 0) is 62.5 Å². The highest BCUT2D eigenvalue weighted by Crippen LogP contribution is 2.24. The number of piperidine rings is 1. The molecule has 1 aromatic carbocycles. The highest BCUT2D eigenvalue weighted by Gasteiger charge is 2.30. The molecule has 2 amide bonds. The zero-order valence-electron chi connectivity index (χ0n) is 15.4. The van der Waals surface area contributed by atoms with Crippen molar-refractivity contribution in [3.8, 4) is 5.75 Å². The lowest BCUT2D eigenvalue weighted by Gasteiger charge is -2.36. The van der Waals surface area contributed by atoms with Gasteiger partial charge in [0.1, 0.15) is 5.75 Å². The van der Waals surface area contributed by atoms with Gasteiger partial charge >= 0.3 is 0 Å². The normalized spacial score (nSPS) is 16.5. The van der Waals surface area contributed by atoms with Crippen LogP contribution in [0.1, 0.15) is 38.7 Å². The molecule has 0 radical (unpaired) electrons. The molecule has 6 heteroatoms. The lowest BCUT2D eigenvalue weighted by Crippen LogP contribution is -2.49. The summed E-state index contributed by atoms with van der Waals surface area (Å²) in [7, 11) is 0. The Hall–Kier alpha value is -2.08. The van der Waals surface area contributed by atoms with Gasteiger partial charge in [0.15, 0.2) is 6.61 Å². The molecule has 2 rings (SSSR count). The largest absolute Gasteiger partial charge is 0.484 e. The van der Waals surface area contributed by atoms with E-state index in [1.165, 1.54) is 6.42 Å². The molecule has 0 aromatic heterocycles. The van der Waals surface area contributed by atoms with E-state index in [2.05, 4.69) is 24.1 Å². The fraction of sp³-hybridized carbons (Fsp3) is 0.579. The van der Waals surface area contributed by atoms with Gasteiger partial charge in [-0.1, -0.05) is 20.3 Å². The molecule has 0 spiro atoms. The molecule has 1 fully saturated rings. The Morgan fingerprint density at radius 2 is 1.92 bits per heavy atom. The van der Waals surface area contributed by atoms with E-state index in [0.29, 0.717) is 5.75 Å². The molecule has 0 aliphatic carbocycles. The van der Waals surface area contributed by atoms with Crippen molar-refractivity contribution in [3.05, 3.63) is 23.8 Å². The highest BCUT2D eigenvalue weighted by molar-refractivity contribution is 5.95. The van der Waals surface area contributed by atoms with Crippen LogP contribution in [-0.4, -0.2) is 42.5 Å². The van der Waals surface area contributed by atoms with Crippen molar-refractivity contribution in [2.45, 2.75) is 46.1 Å². The molecule has 1 heterocycles. The highest BCUT2D eigenvalue weighted by atomic mass is 16.5. The van der Waals surface area contributed by atoms with E-state index < -0.39 is 5.91 Å². The van der Waals surface area contributed by atoms with Gasteiger partial charge in [-0.3, -0.25) is 14.5 Å². The van der Waals surface area contributed by atoms with Crippen molar-refractivity contribution in [1.82, 2.24) is 4.90 Å². The first-order valence-corrected chi connectivity index (χ1v) is 8.95. The summed E-state index contributed by atoms with van der Waals surface area (Å²) >= 11 is 0. The molecule has 1 atom stereocenters. The molecule has 6 nitrogen and oxygen atoms in total. The molecule has 1 unspecified atom stereocenters. The Morgan fingerprint density at radius 3 is 2.48 bits per heavy atom. The Labute approximate surface area is 149 Å². The zero-order chi connectivity index (χ0) is 18.4. The van der Waals surface area contributed by atoms with Crippen LogP contribution in [0.2, 0.25) is 0 Å². The second kappa shape index (κ2) is 8.85. The summed E-state index contributed by atoms with van der Waals surface area (Å²) in [6, 6.07) is 5.21. The minimum Gasteiger partial charge on any atom is -0.484 e. The first-order chi connectivity index (χ1) is 11.9. The van der Waals surface area contributed by atoms with Gasteiger partial charge in [-0.2, -0.15) is 0 Å². The quantitative estimate of drug-likeness (QED) is 0.793. The maximum absolute atomic E-state index is 12.9. The number of ether oxygens (including phenoxy) is 1. The van der Waals surface area contributed by atoms with Crippen LogP contribution in [0.3, 0.4) is 0 Å². The molecule has 3 N–H and O–H groups in total. The second-order valence-electron chi connectivity index (χ2n) is 7.01. The molecule has 0 saturated carbocycles. The third kappa shape index (κ3) is 5.46. The summed E-state index contributed by atoms with van der Waals surface area (Å²) in [6.07, 6.45) is 3.55. The predicted octanol–water partition coefficient (Wildman–Crippen LogP) is 2.31. The zero-order valence-corrected chi connectivity index (χ0v) is 15.4. The average molecular weight is 347 g/mol. The lowest BCUT2D eigenvalue weighted by atomic mass is 9.98. The van der Waals surface area contributed by atoms with Crippen molar-refractivity contribution in [1.29, 1.82) is 0 Å². The SMILES string of the molecule is Cc1cc(OCC(N)=O)ccc1NC(=O)C(C(C)C)N1CCCCC1. The van der Waals surface area contributed by atoms with E-state index in [1.54, 1.807) is 18.2 Å². The van der Waals surface area contributed by atoms with Crippen LogP contribution in [0.15, 0.2) is 18.2 Å². The molecule has 1 aliphatic rings. The molecule has 1 aliphatic heterocycles. The monoisotopic (exact) mass is 347 g/mol. The van der Waals surface area contributed by atoms with E-state index >= 15 is 0 Å². The molecular formula is C19H29N3O3. The Bertz CT molecular complexity index is 610. The van der Waals surface area contributed by atoms with Crippen molar-refractivity contribution in [2.24, 2.45) is 11.7 Å². The Kier molecular flexibility index (Phi) is 6.82. The number of carbonyl (C=O) groups excluding carboxylic acids is 2. The van der Waals surface area contributed by atoms with Gasteiger partial charge in [0.2, 0.25) is 5.91 Å². The van der Waals surface area contributed by atoms with Gasteiger partial charge in [-0.25, -0.2) is 0 Å². The van der Waals surface area contributed by atoms with Crippen LogP contribution in [0.5, 0.6) is 5.75 Å². The van der Waals surface area contributed by atoms with Crippen molar-refractivity contribution in [3.63, 3.8) is 0 Å². The minimum atomic E-state index is -0.517. The average Bonchev–Trinajstić information content (AvgIpc) is 2.56. The van der Waals surface area contributed by atoms with E-state index in [-0.39, 0.29) is 24.5 Å². The van der Waals surface area contributed by atoms with Crippen LogP contribution < -0.4 is 15.8 Å². The Morgan fingerprint density at radius 1 is 1.24 bits per heavy atom. The number of nitrogens with zero attached hydrogens (tertiary/aromatic N) is 1. The standard InChI is InChI=1S/C19H29N3O3/c1-13(2)18(22-9-5-4-6-10-22)19(24)21-16-8-7-15(11-14(16)3)25-12-17(20)23/h7-8,11,13,18H,4-6,9-10,12H2,1-3H3,(H2,20,23)(H,21,24). The minimum absolute atomic E-state index is 0.0332. The number of hydrogen-bond donors (Lipinski definition) is 2. The van der Waals surface area contributed by atoms with E-state index in [9.17, 15) is 9.59 Å². The maximum Gasteiger partial charge on any atom is 0.255 e. The summed E-state index contributed by atoms with van der Waals surface area (Å²) in [5, 5.41) is 3.05. The number of amides is 2. The number of aryl methyl sites for hydroxylation is 1. The summed E-state index contributed by atoms with van der Waals surface area (Å²) in [4.78, 5) is 25.9. The first kappa shape index (κ1) is 19.2. The smallest absolute Gasteiger partial charge is 0.255 e. The summed E-state index contributed by atoms with van der Waals surface area (Å²) in [6.45, 7) is 7.89. The van der Waals surface area contributed by atoms with Crippen molar-refractivity contribution >= 4 is 17.5 Å². The van der Waals surface area contributed by atoms with E-state index in [1.807, 2.05) is 6.92 Å². The number of nitrogens with two attached hydrogens (primary N) is 1. The van der Waals surface area contributed by atoms with Crippen LogP contribution in [-0.2, 0) is 9.59 Å². The molecule has 0 bridgehead atoms. The lowest BCUT2D eigenvalue weighted by molar-refractivity contribution is -0.123. The van der Waals surface area contributed by atoms with E-state index in [0.717, 1.165) is 37.2 Å². The van der Waals surface area contributed by atoms with Crippen LogP contribution in [0, 0.1) is 12.8 Å². The topological polar surface area (TPSA) is 84.7 Å². The molecule has 1 aromatic rings. The number of carbonyl (C=O) groups is 2. The van der Waals surface area contributed by atoms with Gasteiger partial charge in [-0.15, -0.1) is 0 Å². The van der Waals surface area contributed by atoms with Gasteiger partial charge in [0.25, 0.3) is 5.91 Å².